The van der Waals surface area contributed by atoms with Gasteiger partial charge in [0.15, 0.2) is 0 Å². The van der Waals surface area contributed by atoms with Crippen molar-refractivity contribution >= 4 is 46.1 Å². The zero-order valence-electron chi connectivity index (χ0n) is 16.0. The van der Waals surface area contributed by atoms with Gasteiger partial charge >= 0.3 is 5.97 Å². The molecule has 3 aromatic rings. The number of ether oxygens (including phenoxy) is 1. The lowest BCUT2D eigenvalue weighted by Gasteiger charge is -2.06. The van der Waals surface area contributed by atoms with Gasteiger partial charge in [0.25, 0.3) is 5.69 Å². The van der Waals surface area contributed by atoms with Crippen molar-refractivity contribution in [2.45, 2.75) is 23.1 Å². The summed E-state index contributed by atoms with van der Waals surface area (Å²) in [6, 6.07) is 14.4. The van der Waals surface area contributed by atoms with Crippen molar-refractivity contribution in [2.24, 2.45) is 5.10 Å². The molecule has 0 saturated heterocycles. The van der Waals surface area contributed by atoms with E-state index in [-0.39, 0.29) is 18.1 Å². The highest BCUT2D eigenvalue weighted by molar-refractivity contribution is 7.99. The van der Waals surface area contributed by atoms with Crippen LogP contribution in [0.1, 0.15) is 18.2 Å². The summed E-state index contributed by atoms with van der Waals surface area (Å²) in [6.45, 7) is 2.07. The summed E-state index contributed by atoms with van der Waals surface area (Å²) in [6.07, 6.45) is 1.61. The number of hydrogen-bond acceptors (Lipinski definition) is 9. The zero-order valence-corrected chi connectivity index (χ0v) is 17.6. The topological polar surface area (TPSA) is 107 Å². The number of carbonyl (C=O) groups is 1. The van der Waals surface area contributed by atoms with Crippen molar-refractivity contribution < 1.29 is 14.5 Å². The van der Waals surface area contributed by atoms with Crippen LogP contribution in [-0.4, -0.2) is 28.7 Å². The van der Waals surface area contributed by atoms with Gasteiger partial charge < -0.3 is 4.74 Å². The highest BCUT2D eigenvalue weighted by Crippen LogP contribution is 2.31. The molecule has 0 aliphatic heterocycles. The van der Waals surface area contributed by atoms with Crippen LogP contribution in [0.15, 0.2) is 68.8 Å². The molecule has 0 bridgehead atoms. The number of anilines is 1. The minimum atomic E-state index is -0.440. The fraction of sp³-hybridized carbons (Fsp3) is 0.150. The lowest BCUT2D eigenvalue weighted by molar-refractivity contribution is -0.384. The maximum Gasteiger partial charge on any atom is 0.311 e. The molecule has 0 saturated carbocycles. The van der Waals surface area contributed by atoms with Gasteiger partial charge in [0, 0.05) is 32.9 Å². The Morgan fingerprint density at radius 2 is 2.13 bits per heavy atom. The standard InChI is InChI=1S/C20H18N4O4S2/c1-2-28-19(25)11-15-13-29-20(22-15)23-21-12-14-10-16(24(26)27)8-9-18(14)30-17-6-4-3-5-7-17/h3-10,12-13H,2,11H2,1H3,(H,22,23). The molecule has 154 valence electrons. The van der Waals surface area contributed by atoms with Gasteiger partial charge in [-0.3, -0.25) is 20.3 Å². The minimum absolute atomic E-state index is 0.0140. The number of carbonyl (C=O) groups excluding carboxylic acids is 1. The summed E-state index contributed by atoms with van der Waals surface area (Å²) in [5.41, 5.74) is 3.99. The third-order valence-corrected chi connectivity index (χ3v) is 5.62. The molecule has 1 aromatic heterocycles. The van der Waals surface area contributed by atoms with E-state index in [1.54, 1.807) is 18.4 Å². The Balaban J connectivity index is 1.73. The van der Waals surface area contributed by atoms with Crippen molar-refractivity contribution in [3.8, 4) is 0 Å². The fourth-order valence-electron chi connectivity index (χ4n) is 2.42. The van der Waals surface area contributed by atoms with Crippen LogP contribution in [0.25, 0.3) is 0 Å². The Morgan fingerprint density at radius 1 is 1.33 bits per heavy atom. The van der Waals surface area contributed by atoms with E-state index in [4.69, 9.17) is 4.74 Å². The van der Waals surface area contributed by atoms with E-state index in [2.05, 4.69) is 15.5 Å². The number of nitrogens with one attached hydrogen (secondary N) is 1. The first-order valence-corrected chi connectivity index (χ1v) is 10.6. The van der Waals surface area contributed by atoms with Gasteiger partial charge in [0.05, 0.1) is 29.9 Å². The fourth-order valence-corrected chi connectivity index (χ4v) is 3.99. The van der Waals surface area contributed by atoms with Crippen molar-refractivity contribution in [3.63, 3.8) is 0 Å². The van der Waals surface area contributed by atoms with Gasteiger partial charge in [-0.2, -0.15) is 5.10 Å². The molecule has 0 unspecified atom stereocenters. The molecule has 0 radical (unpaired) electrons. The molecule has 1 heterocycles. The average molecular weight is 443 g/mol. The quantitative estimate of drug-likeness (QED) is 0.220. The number of benzene rings is 2. The molecule has 0 amide bonds. The van der Waals surface area contributed by atoms with Gasteiger partial charge in [-0.1, -0.05) is 30.0 Å². The van der Waals surface area contributed by atoms with Crippen LogP contribution in [0.3, 0.4) is 0 Å². The monoisotopic (exact) mass is 442 g/mol. The summed E-state index contributed by atoms with van der Waals surface area (Å²) >= 11 is 2.79. The number of hydrazone groups is 1. The Labute approximate surface area is 181 Å². The Morgan fingerprint density at radius 3 is 2.87 bits per heavy atom. The molecular weight excluding hydrogens is 424 g/mol. The molecule has 1 N–H and O–H groups in total. The number of nitro groups is 1. The van der Waals surface area contributed by atoms with Gasteiger partial charge in [0.1, 0.15) is 0 Å². The molecule has 2 aromatic carbocycles. The van der Waals surface area contributed by atoms with Crippen LogP contribution in [0.5, 0.6) is 0 Å². The number of non-ortho nitro benzene ring substituents is 1. The SMILES string of the molecule is CCOC(=O)Cc1csc(NN=Cc2cc([N+](=O)[O-])ccc2Sc2ccccc2)n1. The molecule has 0 spiro atoms. The second kappa shape index (κ2) is 10.5. The summed E-state index contributed by atoms with van der Waals surface area (Å²) < 4.78 is 4.90. The Bertz CT molecular complexity index is 1050. The molecule has 30 heavy (non-hydrogen) atoms. The Hall–Kier alpha value is -3.24. The molecule has 0 aliphatic rings. The van der Waals surface area contributed by atoms with Crippen molar-refractivity contribution in [2.75, 3.05) is 12.0 Å². The second-order valence-electron chi connectivity index (χ2n) is 5.89. The largest absolute Gasteiger partial charge is 0.466 e. The van der Waals surface area contributed by atoms with Crippen LogP contribution >= 0.6 is 23.1 Å². The maximum absolute atomic E-state index is 11.5. The number of rotatable bonds is 9. The van der Waals surface area contributed by atoms with Crippen LogP contribution in [0, 0.1) is 10.1 Å². The average Bonchev–Trinajstić information content (AvgIpc) is 3.17. The normalized spacial score (nSPS) is 10.8. The molecule has 0 atom stereocenters. The summed E-state index contributed by atoms with van der Waals surface area (Å²) in [5, 5.41) is 17.6. The molecular formula is C20H18N4O4S2. The maximum atomic E-state index is 11.5. The van der Waals surface area contributed by atoms with E-state index in [0.717, 1.165) is 9.79 Å². The summed E-state index contributed by atoms with van der Waals surface area (Å²) in [7, 11) is 0. The molecule has 3 rings (SSSR count). The third-order valence-electron chi connectivity index (χ3n) is 3.72. The molecule has 0 fully saturated rings. The lowest BCUT2D eigenvalue weighted by atomic mass is 10.2. The summed E-state index contributed by atoms with van der Waals surface area (Å²) in [4.78, 5) is 28.4. The van der Waals surface area contributed by atoms with Crippen molar-refractivity contribution in [1.29, 1.82) is 0 Å². The number of hydrogen-bond donors (Lipinski definition) is 1. The first kappa shape index (κ1) is 21.5. The highest BCUT2D eigenvalue weighted by atomic mass is 32.2. The molecule has 8 nitrogen and oxygen atoms in total. The molecule has 10 heteroatoms. The smallest absolute Gasteiger partial charge is 0.311 e. The van der Waals surface area contributed by atoms with Gasteiger partial charge in [-0.05, 0) is 25.1 Å². The van der Waals surface area contributed by atoms with Crippen LogP contribution in [-0.2, 0) is 16.0 Å². The number of nitro benzene ring substituents is 1. The lowest BCUT2D eigenvalue weighted by Crippen LogP contribution is -2.07. The first-order valence-electron chi connectivity index (χ1n) is 8.95. The van der Waals surface area contributed by atoms with Gasteiger partial charge in [0.2, 0.25) is 5.13 Å². The van der Waals surface area contributed by atoms with Gasteiger partial charge in [-0.15, -0.1) is 11.3 Å². The van der Waals surface area contributed by atoms with Gasteiger partial charge in [-0.25, -0.2) is 4.98 Å². The Kier molecular flexibility index (Phi) is 7.52. The second-order valence-corrected chi connectivity index (χ2v) is 7.86. The predicted molar refractivity (Wildman–Crippen MR) is 117 cm³/mol. The number of nitrogens with zero attached hydrogens (tertiary/aromatic N) is 3. The number of aromatic nitrogens is 1. The van der Waals surface area contributed by atoms with Crippen LogP contribution in [0.4, 0.5) is 10.8 Å². The first-order chi connectivity index (χ1) is 14.5. The van der Waals surface area contributed by atoms with Crippen molar-refractivity contribution in [3.05, 3.63) is 75.3 Å². The highest BCUT2D eigenvalue weighted by Gasteiger charge is 2.11. The summed E-state index contributed by atoms with van der Waals surface area (Å²) in [5.74, 6) is -0.336. The van der Waals surface area contributed by atoms with E-state index in [1.165, 1.54) is 41.4 Å². The van der Waals surface area contributed by atoms with Crippen LogP contribution < -0.4 is 5.43 Å². The van der Waals surface area contributed by atoms with Crippen LogP contribution in [0.2, 0.25) is 0 Å². The van der Waals surface area contributed by atoms with E-state index in [1.807, 2.05) is 30.3 Å². The zero-order chi connectivity index (χ0) is 21.3. The minimum Gasteiger partial charge on any atom is -0.466 e. The van der Waals surface area contributed by atoms with E-state index < -0.39 is 4.92 Å². The van der Waals surface area contributed by atoms with Crippen molar-refractivity contribution in [1.82, 2.24) is 4.98 Å². The predicted octanol–water partition coefficient (Wildman–Crippen LogP) is 4.75. The number of esters is 1. The third kappa shape index (κ3) is 6.13. The number of thiazole rings is 1. The molecule has 0 aliphatic carbocycles. The van der Waals surface area contributed by atoms with E-state index >= 15 is 0 Å². The van der Waals surface area contributed by atoms with E-state index in [9.17, 15) is 14.9 Å². The van der Waals surface area contributed by atoms with E-state index in [0.29, 0.717) is 23.0 Å².